The lowest BCUT2D eigenvalue weighted by molar-refractivity contribution is -0.126. The lowest BCUT2D eigenvalue weighted by atomic mass is 9.83. The molecule has 2 aliphatic heterocycles. The third kappa shape index (κ3) is 4.88. The molecule has 0 unspecified atom stereocenters. The number of fused-ring (bicyclic) bond motifs is 3. The Labute approximate surface area is 205 Å². The number of hydrogen-bond acceptors (Lipinski definition) is 5. The zero-order chi connectivity index (χ0) is 23.5. The molecule has 0 saturated carbocycles. The molecule has 2 aliphatic rings. The van der Waals surface area contributed by atoms with Gasteiger partial charge in [0, 0.05) is 61.9 Å². The highest BCUT2D eigenvalue weighted by molar-refractivity contribution is 6.30. The fourth-order valence-electron chi connectivity index (χ4n) is 5.08. The quantitative estimate of drug-likeness (QED) is 0.584. The number of nitrogens with one attached hydrogen (secondary N) is 1. The van der Waals surface area contributed by atoms with Gasteiger partial charge in [0.25, 0.3) is 0 Å². The van der Waals surface area contributed by atoms with Gasteiger partial charge >= 0.3 is 0 Å². The van der Waals surface area contributed by atoms with E-state index in [9.17, 15) is 4.79 Å². The number of carbonyl (C=O) groups excluding carboxylic acids is 1. The van der Waals surface area contributed by atoms with Gasteiger partial charge in [-0.3, -0.25) is 14.7 Å². The number of hydrogen-bond donors (Lipinski definition) is 1. The van der Waals surface area contributed by atoms with Gasteiger partial charge in [-0.25, -0.2) is 0 Å². The van der Waals surface area contributed by atoms with Crippen LogP contribution >= 0.6 is 11.6 Å². The third-order valence-electron chi connectivity index (χ3n) is 6.85. The largest absolute Gasteiger partial charge is 0.497 e. The Morgan fingerprint density at radius 2 is 2.00 bits per heavy atom. The molecule has 2 aromatic carbocycles. The maximum atomic E-state index is 13.4. The first-order chi connectivity index (χ1) is 16.6. The minimum absolute atomic E-state index is 0.0914. The fraction of sp³-hybridized carbons (Fsp3) is 0.333. The molecular formula is C27H29ClN4O2. The van der Waals surface area contributed by atoms with Gasteiger partial charge in [0.15, 0.2) is 0 Å². The number of piperazine rings is 1. The van der Waals surface area contributed by atoms with E-state index in [1.807, 2.05) is 30.3 Å². The van der Waals surface area contributed by atoms with Crippen LogP contribution in [0.1, 0.15) is 16.7 Å². The summed E-state index contributed by atoms with van der Waals surface area (Å²) in [5, 5.41) is 3.91. The van der Waals surface area contributed by atoms with E-state index in [0.29, 0.717) is 13.0 Å². The molecule has 0 bridgehead atoms. The number of pyridine rings is 1. The summed E-state index contributed by atoms with van der Waals surface area (Å²) in [5.74, 6) is 0.805. The monoisotopic (exact) mass is 476 g/mol. The van der Waals surface area contributed by atoms with E-state index in [2.05, 4.69) is 44.4 Å². The van der Waals surface area contributed by atoms with Crippen LogP contribution in [-0.4, -0.2) is 48.6 Å². The molecule has 3 aromatic rings. The fourth-order valence-corrected chi connectivity index (χ4v) is 5.20. The van der Waals surface area contributed by atoms with Crippen LogP contribution < -0.4 is 15.0 Å². The smallest absolute Gasteiger partial charge is 0.225 e. The summed E-state index contributed by atoms with van der Waals surface area (Å²) in [4.78, 5) is 22.5. The number of anilines is 1. The molecule has 1 aromatic heterocycles. The number of amides is 1. The van der Waals surface area contributed by atoms with Gasteiger partial charge < -0.3 is 15.0 Å². The van der Waals surface area contributed by atoms with Gasteiger partial charge in [0.1, 0.15) is 5.75 Å². The van der Waals surface area contributed by atoms with Crippen molar-refractivity contribution in [1.29, 1.82) is 0 Å². The molecule has 5 rings (SSSR count). The van der Waals surface area contributed by atoms with Gasteiger partial charge in [-0.2, -0.15) is 0 Å². The van der Waals surface area contributed by atoms with Gasteiger partial charge in [-0.05, 0) is 47.4 Å². The van der Waals surface area contributed by atoms with E-state index in [-0.39, 0.29) is 17.9 Å². The van der Waals surface area contributed by atoms with Crippen molar-refractivity contribution in [3.8, 4) is 5.75 Å². The molecule has 1 N–H and O–H groups in total. The van der Waals surface area contributed by atoms with E-state index >= 15 is 0 Å². The number of halogens is 1. The Bertz CT molecular complexity index is 1140. The molecular weight excluding hydrogens is 448 g/mol. The van der Waals surface area contributed by atoms with Crippen molar-refractivity contribution in [3.05, 3.63) is 88.7 Å². The van der Waals surface area contributed by atoms with E-state index in [1.165, 1.54) is 16.8 Å². The predicted octanol–water partition coefficient (Wildman–Crippen LogP) is 3.92. The van der Waals surface area contributed by atoms with E-state index in [1.54, 1.807) is 19.5 Å². The number of ether oxygens (including phenoxy) is 1. The van der Waals surface area contributed by atoms with E-state index in [4.69, 9.17) is 16.3 Å². The van der Waals surface area contributed by atoms with Gasteiger partial charge in [0.05, 0.1) is 19.1 Å². The summed E-state index contributed by atoms with van der Waals surface area (Å²) >= 11 is 6.07. The van der Waals surface area contributed by atoms with Crippen LogP contribution in [0.3, 0.4) is 0 Å². The summed E-state index contributed by atoms with van der Waals surface area (Å²) in [6.45, 7) is 3.95. The number of benzene rings is 2. The summed E-state index contributed by atoms with van der Waals surface area (Å²) < 4.78 is 5.50. The van der Waals surface area contributed by atoms with Crippen molar-refractivity contribution in [1.82, 2.24) is 15.2 Å². The van der Waals surface area contributed by atoms with Crippen LogP contribution in [0.25, 0.3) is 0 Å². The Kier molecular flexibility index (Phi) is 6.70. The summed E-state index contributed by atoms with van der Waals surface area (Å²) in [6.07, 6.45) is 4.25. The maximum absolute atomic E-state index is 13.4. The van der Waals surface area contributed by atoms with Gasteiger partial charge in [0.2, 0.25) is 5.91 Å². The van der Waals surface area contributed by atoms with Crippen LogP contribution in [0, 0.1) is 5.92 Å². The number of aromatic nitrogens is 1. The molecule has 0 aliphatic carbocycles. The van der Waals surface area contributed by atoms with Crippen LogP contribution in [-0.2, 0) is 24.3 Å². The summed E-state index contributed by atoms with van der Waals surface area (Å²) in [6, 6.07) is 18.2. The van der Waals surface area contributed by atoms with Crippen LogP contribution in [0.2, 0.25) is 5.02 Å². The summed E-state index contributed by atoms with van der Waals surface area (Å²) in [5.41, 5.74) is 4.62. The minimum atomic E-state index is -0.134. The second-order valence-electron chi connectivity index (χ2n) is 9.01. The normalized spacial score (nSPS) is 19.8. The first-order valence-electron chi connectivity index (χ1n) is 11.7. The molecule has 1 saturated heterocycles. The van der Waals surface area contributed by atoms with Crippen molar-refractivity contribution >= 4 is 23.2 Å². The number of methoxy groups -OCH3 is 1. The first kappa shape index (κ1) is 22.7. The number of rotatable bonds is 6. The Balaban J connectivity index is 1.37. The van der Waals surface area contributed by atoms with Gasteiger partial charge in [-0.15, -0.1) is 0 Å². The topological polar surface area (TPSA) is 57.7 Å². The van der Waals surface area contributed by atoms with Crippen molar-refractivity contribution in [2.45, 2.75) is 25.6 Å². The second kappa shape index (κ2) is 10.0. The van der Waals surface area contributed by atoms with Crippen molar-refractivity contribution in [2.75, 3.05) is 31.6 Å². The highest BCUT2D eigenvalue weighted by atomic mass is 35.5. The van der Waals surface area contributed by atoms with Crippen LogP contribution in [0.4, 0.5) is 5.69 Å². The predicted molar refractivity (Wildman–Crippen MR) is 134 cm³/mol. The van der Waals surface area contributed by atoms with Crippen molar-refractivity contribution in [2.24, 2.45) is 5.92 Å². The average Bonchev–Trinajstić information content (AvgIpc) is 2.88. The molecule has 0 spiro atoms. The van der Waals surface area contributed by atoms with Crippen LogP contribution in [0.5, 0.6) is 5.75 Å². The molecule has 176 valence electrons. The molecule has 34 heavy (non-hydrogen) atoms. The number of nitrogens with zero attached hydrogens (tertiary/aromatic N) is 3. The second-order valence-corrected chi connectivity index (χ2v) is 9.44. The minimum Gasteiger partial charge on any atom is -0.497 e. The highest BCUT2D eigenvalue weighted by Gasteiger charge is 2.41. The Morgan fingerprint density at radius 3 is 2.76 bits per heavy atom. The van der Waals surface area contributed by atoms with Crippen molar-refractivity contribution in [3.63, 3.8) is 0 Å². The SMILES string of the molecule is COc1ccc2c(c1)N1CCN(Cc3ccc(Cl)cc3)C[C@@H]1[C@@H](C(=O)NCc1cccnc1)C2. The maximum Gasteiger partial charge on any atom is 0.225 e. The lowest BCUT2D eigenvalue weighted by Gasteiger charge is -2.49. The standard InChI is InChI=1S/C27H29ClN4O2/c1-34-23-9-6-21-13-24(27(33)30-16-20-3-2-10-29-15-20)26-18-31(11-12-32(26)25(21)14-23)17-19-4-7-22(28)8-5-19/h2-10,14-15,24,26H,11-13,16-18H2,1H3,(H,30,33)/t24-,26+/m0/s1. The Morgan fingerprint density at radius 1 is 1.15 bits per heavy atom. The first-order valence-corrected chi connectivity index (χ1v) is 12.1. The molecule has 0 radical (unpaired) electrons. The average molecular weight is 477 g/mol. The molecule has 6 nitrogen and oxygen atoms in total. The lowest BCUT2D eigenvalue weighted by Crippen LogP contribution is -2.60. The molecule has 1 fully saturated rings. The zero-order valence-electron chi connectivity index (χ0n) is 19.3. The Hall–Kier alpha value is -3.09. The van der Waals surface area contributed by atoms with E-state index < -0.39 is 0 Å². The zero-order valence-corrected chi connectivity index (χ0v) is 20.0. The molecule has 3 heterocycles. The number of carbonyl (C=O) groups is 1. The third-order valence-corrected chi connectivity index (χ3v) is 7.11. The molecule has 2 atom stereocenters. The summed E-state index contributed by atoms with van der Waals surface area (Å²) in [7, 11) is 1.70. The highest BCUT2D eigenvalue weighted by Crippen LogP contribution is 2.38. The molecule has 7 heteroatoms. The van der Waals surface area contributed by atoms with Gasteiger partial charge in [-0.1, -0.05) is 35.9 Å². The van der Waals surface area contributed by atoms with Crippen LogP contribution in [0.15, 0.2) is 67.0 Å². The molecule has 1 amide bonds. The van der Waals surface area contributed by atoms with E-state index in [0.717, 1.165) is 42.5 Å². The van der Waals surface area contributed by atoms with Crippen molar-refractivity contribution < 1.29 is 9.53 Å².